The van der Waals surface area contributed by atoms with Crippen LogP contribution in [-0.2, 0) is 13.0 Å². The van der Waals surface area contributed by atoms with Gasteiger partial charge in [0, 0.05) is 17.7 Å². The molecule has 2 aromatic rings. The van der Waals surface area contributed by atoms with E-state index in [2.05, 4.69) is 28.4 Å². The number of thiocarbonyl (C=S) groups is 1. The monoisotopic (exact) mass is 398 g/mol. The average Bonchev–Trinajstić information content (AvgIpc) is 3.18. The Morgan fingerprint density at radius 1 is 1.18 bits per heavy atom. The molecule has 0 saturated carbocycles. The lowest BCUT2D eigenvalue weighted by Gasteiger charge is -2.34. The number of ether oxygens (including phenoxy) is 2. The Hall–Kier alpha value is -2.31. The topological polar surface area (TPSA) is 38.2 Å². The van der Waals surface area contributed by atoms with E-state index in [0.717, 1.165) is 68.1 Å². The summed E-state index contributed by atoms with van der Waals surface area (Å²) in [5, 5.41) is 4.16. The van der Waals surface area contributed by atoms with Gasteiger partial charge in [-0.15, -0.1) is 0 Å². The summed E-state index contributed by atoms with van der Waals surface area (Å²) in [5.41, 5.74) is 3.77. The van der Waals surface area contributed by atoms with E-state index in [-0.39, 0.29) is 0 Å². The van der Waals surface area contributed by atoms with Crippen LogP contribution in [0.3, 0.4) is 0 Å². The van der Waals surface area contributed by atoms with Crippen LogP contribution in [0.5, 0.6) is 11.5 Å². The van der Waals surface area contributed by atoms with Gasteiger partial charge in [-0.1, -0.05) is 0 Å². The van der Waals surface area contributed by atoms with E-state index in [9.17, 15) is 0 Å². The molecular weight excluding hydrogens is 370 g/mol. The maximum Gasteiger partial charge on any atom is 0.173 e. The minimum atomic E-state index is 0.678. The van der Waals surface area contributed by atoms with E-state index in [1.807, 2.05) is 31.2 Å². The molecule has 0 atom stereocenters. The van der Waals surface area contributed by atoms with Crippen molar-refractivity contribution in [1.82, 2.24) is 4.90 Å². The molecule has 148 valence electrons. The molecule has 0 unspecified atom stereocenters. The SMILES string of the molecule is CCOc1ccc(NC(=S)N2CC[NH+](Cc3ccc4c(c3)CCO4)CC2)cc1. The lowest BCUT2D eigenvalue weighted by atomic mass is 10.1. The molecule has 1 fully saturated rings. The first-order valence-electron chi connectivity index (χ1n) is 10.1. The summed E-state index contributed by atoms with van der Waals surface area (Å²) < 4.78 is 11.1. The third kappa shape index (κ3) is 4.56. The molecule has 1 saturated heterocycles. The second-order valence-electron chi connectivity index (χ2n) is 7.34. The van der Waals surface area contributed by atoms with E-state index < -0.39 is 0 Å². The summed E-state index contributed by atoms with van der Waals surface area (Å²) in [6.45, 7) is 8.71. The molecule has 0 amide bonds. The van der Waals surface area contributed by atoms with Crippen molar-refractivity contribution >= 4 is 23.0 Å². The molecule has 0 spiro atoms. The van der Waals surface area contributed by atoms with Gasteiger partial charge in [0.25, 0.3) is 0 Å². The lowest BCUT2D eigenvalue weighted by Crippen LogP contribution is -3.13. The van der Waals surface area contributed by atoms with Crippen LogP contribution in [0.1, 0.15) is 18.1 Å². The molecule has 6 heteroatoms. The maximum atomic E-state index is 5.62. The number of anilines is 1. The van der Waals surface area contributed by atoms with E-state index in [4.69, 9.17) is 21.7 Å². The first kappa shape index (κ1) is 19.0. The van der Waals surface area contributed by atoms with Crippen LogP contribution in [0, 0.1) is 0 Å². The predicted molar refractivity (Wildman–Crippen MR) is 115 cm³/mol. The van der Waals surface area contributed by atoms with Crippen molar-refractivity contribution in [2.45, 2.75) is 19.9 Å². The molecule has 5 nitrogen and oxygen atoms in total. The number of quaternary nitrogens is 1. The standard InChI is InChI=1S/C22H27N3O2S/c1-2-26-20-6-4-19(5-7-20)23-22(28)25-12-10-24(11-13-25)16-17-3-8-21-18(15-17)9-14-27-21/h3-8,15H,2,9-14,16H2,1H3,(H,23,28)/p+1. The van der Waals surface area contributed by atoms with Crippen molar-refractivity contribution in [2.75, 3.05) is 44.7 Å². The summed E-state index contributed by atoms with van der Waals surface area (Å²) >= 11 is 5.62. The fourth-order valence-corrected chi connectivity index (χ4v) is 4.15. The normalized spacial score (nSPS) is 16.4. The maximum absolute atomic E-state index is 5.62. The number of nitrogens with zero attached hydrogens (tertiary/aromatic N) is 1. The molecule has 0 aliphatic carbocycles. The first-order chi connectivity index (χ1) is 13.7. The van der Waals surface area contributed by atoms with Gasteiger partial charge in [-0.25, -0.2) is 0 Å². The lowest BCUT2D eigenvalue weighted by molar-refractivity contribution is -0.917. The van der Waals surface area contributed by atoms with Crippen LogP contribution >= 0.6 is 12.2 Å². The quantitative estimate of drug-likeness (QED) is 0.755. The van der Waals surface area contributed by atoms with Crippen molar-refractivity contribution in [3.8, 4) is 11.5 Å². The minimum Gasteiger partial charge on any atom is -0.494 e. The molecule has 0 bridgehead atoms. The Labute approximate surface area is 172 Å². The Balaban J connectivity index is 1.26. The number of fused-ring (bicyclic) bond motifs is 1. The highest BCUT2D eigenvalue weighted by Crippen LogP contribution is 2.25. The van der Waals surface area contributed by atoms with Crippen LogP contribution in [0.4, 0.5) is 5.69 Å². The van der Waals surface area contributed by atoms with Crippen LogP contribution in [0.2, 0.25) is 0 Å². The third-order valence-electron chi connectivity index (χ3n) is 5.38. The van der Waals surface area contributed by atoms with Gasteiger partial charge in [0.1, 0.15) is 18.0 Å². The van der Waals surface area contributed by atoms with Crippen LogP contribution in [0.15, 0.2) is 42.5 Å². The van der Waals surface area contributed by atoms with Gasteiger partial charge < -0.3 is 24.6 Å². The highest BCUT2D eigenvalue weighted by Gasteiger charge is 2.22. The highest BCUT2D eigenvalue weighted by atomic mass is 32.1. The highest BCUT2D eigenvalue weighted by molar-refractivity contribution is 7.80. The summed E-state index contributed by atoms with van der Waals surface area (Å²) in [6.07, 6.45) is 1.04. The van der Waals surface area contributed by atoms with Crippen molar-refractivity contribution < 1.29 is 14.4 Å². The molecule has 0 aromatic heterocycles. The van der Waals surface area contributed by atoms with Gasteiger partial charge in [-0.3, -0.25) is 0 Å². The molecule has 28 heavy (non-hydrogen) atoms. The number of nitrogens with one attached hydrogen (secondary N) is 2. The first-order valence-corrected chi connectivity index (χ1v) is 10.5. The van der Waals surface area contributed by atoms with Gasteiger partial charge in [0.15, 0.2) is 5.11 Å². The number of hydrogen-bond acceptors (Lipinski definition) is 3. The minimum absolute atomic E-state index is 0.678. The van der Waals surface area contributed by atoms with Crippen LogP contribution in [-0.4, -0.2) is 49.4 Å². The Morgan fingerprint density at radius 3 is 2.71 bits per heavy atom. The van der Waals surface area contributed by atoms with Gasteiger partial charge >= 0.3 is 0 Å². The third-order valence-corrected chi connectivity index (χ3v) is 5.74. The van der Waals surface area contributed by atoms with Gasteiger partial charge in [-0.2, -0.15) is 0 Å². The van der Waals surface area contributed by atoms with Crippen LogP contribution < -0.4 is 19.7 Å². The average molecular weight is 399 g/mol. The van der Waals surface area contributed by atoms with Crippen LogP contribution in [0.25, 0.3) is 0 Å². The Kier molecular flexibility index (Phi) is 5.98. The number of rotatable bonds is 5. The zero-order valence-corrected chi connectivity index (χ0v) is 17.2. The van der Waals surface area contributed by atoms with Crippen molar-refractivity contribution in [3.63, 3.8) is 0 Å². The van der Waals surface area contributed by atoms with Crippen molar-refractivity contribution in [3.05, 3.63) is 53.6 Å². The Morgan fingerprint density at radius 2 is 1.96 bits per heavy atom. The van der Waals surface area contributed by atoms with Gasteiger partial charge in [0.2, 0.25) is 0 Å². The van der Waals surface area contributed by atoms with Crippen molar-refractivity contribution in [2.24, 2.45) is 0 Å². The smallest absolute Gasteiger partial charge is 0.173 e. The fraction of sp³-hybridized carbons (Fsp3) is 0.409. The van der Waals surface area contributed by atoms with Gasteiger partial charge in [-0.05, 0) is 67.2 Å². The number of benzene rings is 2. The molecular formula is C22H28N3O2S+. The second-order valence-corrected chi connectivity index (χ2v) is 7.73. The van der Waals surface area contributed by atoms with E-state index in [0.29, 0.717) is 6.61 Å². The molecule has 0 radical (unpaired) electrons. The molecule has 2 N–H and O–H groups in total. The summed E-state index contributed by atoms with van der Waals surface area (Å²) in [7, 11) is 0. The summed E-state index contributed by atoms with van der Waals surface area (Å²) in [6, 6.07) is 14.6. The van der Waals surface area contributed by atoms with E-state index >= 15 is 0 Å². The van der Waals surface area contributed by atoms with Crippen molar-refractivity contribution in [1.29, 1.82) is 0 Å². The predicted octanol–water partition coefficient (Wildman–Crippen LogP) is 2.12. The Bertz CT molecular complexity index is 817. The molecule has 2 aliphatic rings. The number of piperazine rings is 1. The second kappa shape index (κ2) is 8.80. The molecule has 2 aliphatic heterocycles. The summed E-state index contributed by atoms with van der Waals surface area (Å²) in [5.74, 6) is 1.95. The molecule has 4 rings (SSSR count). The fourth-order valence-electron chi connectivity index (χ4n) is 3.85. The van der Waals surface area contributed by atoms with E-state index in [1.54, 1.807) is 4.90 Å². The largest absolute Gasteiger partial charge is 0.494 e. The molecule has 2 aromatic carbocycles. The number of hydrogen-bond donors (Lipinski definition) is 2. The molecule has 2 heterocycles. The van der Waals surface area contributed by atoms with Gasteiger partial charge in [0.05, 0.1) is 39.4 Å². The zero-order chi connectivity index (χ0) is 19.3. The zero-order valence-electron chi connectivity index (χ0n) is 16.4. The summed E-state index contributed by atoms with van der Waals surface area (Å²) in [4.78, 5) is 3.88. The van der Waals surface area contributed by atoms with E-state index in [1.165, 1.54) is 11.1 Å².